The second-order valence-electron chi connectivity index (χ2n) is 6.07. The fourth-order valence-corrected chi connectivity index (χ4v) is 2.52. The summed E-state index contributed by atoms with van der Waals surface area (Å²) in [4.78, 5) is 14.0. The lowest BCUT2D eigenvalue weighted by atomic mass is 10.1. The number of likely N-dealkylation sites (N-methyl/N-ethyl adjacent to an activating group) is 1. The molecule has 5 nitrogen and oxygen atoms in total. The molecule has 1 atom stereocenters. The summed E-state index contributed by atoms with van der Waals surface area (Å²) in [7, 11) is 4.04. The van der Waals surface area contributed by atoms with Crippen molar-refractivity contribution >= 4 is 30.7 Å². The third-order valence-electron chi connectivity index (χ3n) is 3.79. The maximum atomic E-state index is 11.9. The molecular weight excluding hydrogens is 349 g/mol. The summed E-state index contributed by atoms with van der Waals surface area (Å²) >= 11 is 0. The molecule has 1 amide bonds. The van der Waals surface area contributed by atoms with Gasteiger partial charge in [0.1, 0.15) is 12.4 Å². The van der Waals surface area contributed by atoms with Crippen molar-refractivity contribution in [3.63, 3.8) is 0 Å². The van der Waals surface area contributed by atoms with Crippen molar-refractivity contribution in [2.75, 3.05) is 33.8 Å². The first-order valence-corrected chi connectivity index (χ1v) is 8.00. The Morgan fingerprint density at radius 2 is 2.17 bits per heavy atom. The van der Waals surface area contributed by atoms with E-state index < -0.39 is 0 Å². The molecule has 1 aromatic carbocycles. The van der Waals surface area contributed by atoms with E-state index in [1.54, 1.807) is 0 Å². The Balaban J connectivity index is 0.00000264. The number of nitrogens with one attached hydrogen (secondary N) is 2. The van der Waals surface area contributed by atoms with Crippen LogP contribution in [0.25, 0.3) is 0 Å². The highest BCUT2D eigenvalue weighted by molar-refractivity contribution is 5.85. The normalized spacial score (nSPS) is 16.2. The molecule has 138 valence electrons. The van der Waals surface area contributed by atoms with Crippen LogP contribution >= 0.6 is 24.8 Å². The van der Waals surface area contributed by atoms with Crippen molar-refractivity contribution in [1.29, 1.82) is 0 Å². The first-order valence-electron chi connectivity index (χ1n) is 8.00. The smallest absolute Gasteiger partial charge is 0.221 e. The maximum absolute atomic E-state index is 11.9. The molecule has 1 saturated heterocycles. The maximum Gasteiger partial charge on any atom is 0.221 e. The van der Waals surface area contributed by atoms with Crippen LogP contribution in [0.1, 0.15) is 24.8 Å². The van der Waals surface area contributed by atoms with E-state index in [-0.39, 0.29) is 30.7 Å². The van der Waals surface area contributed by atoms with Crippen molar-refractivity contribution < 1.29 is 9.53 Å². The van der Waals surface area contributed by atoms with Crippen molar-refractivity contribution in [2.24, 2.45) is 0 Å². The van der Waals surface area contributed by atoms with E-state index in [9.17, 15) is 4.79 Å². The van der Waals surface area contributed by atoms with Crippen LogP contribution in [0.5, 0.6) is 5.75 Å². The standard InChI is InChI=1S/C17H27N3O2.2ClH/c1-20(2)9-10-22-16-7-3-5-14(11-16)13-19-17(21)12-15-6-4-8-18-15;;/h3,5,7,11,15,18H,4,6,8-10,12-13H2,1-2H3,(H,19,21);2*1H. The van der Waals surface area contributed by atoms with Crippen molar-refractivity contribution in [1.82, 2.24) is 15.5 Å². The van der Waals surface area contributed by atoms with Gasteiger partial charge in [-0.25, -0.2) is 0 Å². The number of halogens is 2. The highest BCUT2D eigenvalue weighted by Gasteiger charge is 2.17. The number of rotatable bonds is 8. The van der Waals surface area contributed by atoms with Gasteiger partial charge in [-0.2, -0.15) is 0 Å². The van der Waals surface area contributed by atoms with Gasteiger partial charge in [0.05, 0.1) is 0 Å². The van der Waals surface area contributed by atoms with E-state index in [1.807, 2.05) is 38.4 Å². The average Bonchev–Trinajstić information content (AvgIpc) is 2.98. The van der Waals surface area contributed by atoms with Gasteiger partial charge in [0.2, 0.25) is 5.91 Å². The highest BCUT2D eigenvalue weighted by atomic mass is 35.5. The molecule has 0 spiro atoms. The van der Waals surface area contributed by atoms with E-state index >= 15 is 0 Å². The molecule has 1 aliphatic rings. The molecule has 0 aliphatic carbocycles. The second-order valence-corrected chi connectivity index (χ2v) is 6.07. The Morgan fingerprint density at radius 3 is 2.83 bits per heavy atom. The first kappa shape index (κ1) is 23.0. The molecule has 0 aromatic heterocycles. The molecule has 1 aromatic rings. The van der Waals surface area contributed by atoms with Crippen LogP contribution in [0.15, 0.2) is 24.3 Å². The number of ether oxygens (including phenoxy) is 1. The van der Waals surface area contributed by atoms with Crippen LogP contribution < -0.4 is 15.4 Å². The Morgan fingerprint density at radius 1 is 1.38 bits per heavy atom. The lowest BCUT2D eigenvalue weighted by Gasteiger charge is -2.13. The number of hydrogen-bond acceptors (Lipinski definition) is 4. The van der Waals surface area contributed by atoms with Crippen LogP contribution in [0, 0.1) is 0 Å². The van der Waals surface area contributed by atoms with E-state index in [2.05, 4.69) is 15.5 Å². The minimum atomic E-state index is 0. The van der Waals surface area contributed by atoms with Crippen LogP contribution in [0.2, 0.25) is 0 Å². The Hall–Kier alpha value is -1.01. The van der Waals surface area contributed by atoms with Gasteiger partial charge in [-0.1, -0.05) is 12.1 Å². The van der Waals surface area contributed by atoms with Gasteiger partial charge in [-0.05, 0) is 51.2 Å². The molecular formula is C17H29Cl2N3O2. The fourth-order valence-electron chi connectivity index (χ4n) is 2.52. The molecule has 1 aliphatic heterocycles. The van der Waals surface area contributed by atoms with Crippen molar-refractivity contribution in [3.8, 4) is 5.75 Å². The Labute approximate surface area is 157 Å². The van der Waals surface area contributed by atoms with Gasteiger partial charge in [0.15, 0.2) is 0 Å². The monoisotopic (exact) mass is 377 g/mol. The van der Waals surface area contributed by atoms with E-state index in [0.29, 0.717) is 25.6 Å². The zero-order chi connectivity index (χ0) is 15.8. The van der Waals surface area contributed by atoms with Crippen molar-refractivity contribution in [3.05, 3.63) is 29.8 Å². The van der Waals surface area contributed by atoms with E-state index in [0.717, 1.165) is 30.8 Å². The average molecular weight is 378 g/mol. The summed E-state index contributed by atoms with van der Waals surface area (Å²) in [6.07, 6.45) is 2.84. The first-order chi connectivity index (χ1) is 10.6. The van der Waals surface area contributed by atoms with Crippen LogP contribution in [0.3, 0.4) is 0 Å². The molecule has 2 N–H and O–H groups in total. The van der Waals surface area contributed by atoms with Crippen LogP contribution in [-0.4, -0.2) is 50.6 Å². The van der Waals surface area contributed by atoms with Crippen molar-refractivity contribution in [2.45, 2.75) is 31.8 Å². The molecule has 0 radical (unpaired) electrons. The number of amides is 1. The summed E-state index contributed by atoms with van der Waals surface area (Å²) in [6.45, 7) is 3.13. The molecule has 24 heavy (non-hydrogen) atoms. The molecule has 1 unspecified atom stereocenters. The highest BCUT2D eigenvalue weighted by Crippen LogP contribution is 2.13. The van der Waals surface area contributed by atoms with E-state index in [4.69, 9.17) is 4.74 Å². The minimum Gasteiger partial charge on any atom is -0.492 e. The lowest BCUT2D eigenvalue weighted by molar-refractivity contribution is -0.121. The largest absolute Gasteiger partial charge is 0.492 e. The summed E-state index contributed by atoms with van der Waals surface area (Å²) in [5.74, 6) is 0.962. The molecule has 0 saturated carbocycles. The molecule has 1 fully saturated rings. The Kier molecular flexibility index (Phi) is 11.8. The van der Waals surface area contributed by atoms with E-state index in [1.165, 1.54) is 6.42 Å². The van der Waals surface area contributed by atoms with Gasteiger partial charge >= 0.3 is 0 Å². The summed E-state index contributed by atoms with van der Waals surface area (Å²) in [5, 5.41) is 6.33. The molecule has 1 heterocycles. The predicted octanol–water partition coefficient (Wildman–Crippen LogP) is 2.23. The third-order valence-corrected chi connectivity index (χ3v) is 3.79. The summed E-state index contributed by atoms with van der Waals surface area (Å²) in [5.41, 5.74) is 1.06. The summed E-state index contributed by atoms with van der Waals surface area (Å²) in [6, 6.07) is 8.26. The zero-order valence-corrected chi connectivity index (χ0v) is 16.0. The fraction of sp³-hybridized carbons (Fsp3) is 0.588. The predicted molar refractivity (Wildman–Crippen MR) is 102 cm³/mol. The van der Waals surface area contributed by atoms with Crippen LogP contribution in [-0.2, 0) is 11.3 Å². The second kappa shape index (κ2) is 12.4. The van der Waals surface area contributed by atoms with Gasteiger partial charge in [0.25, 0.3) is 0 Å². The Bertz CT molecular complexity index is 481. The molecule has 7 heteroatoms. The third kappa shape index (κ3) is 8.73. The zero-order valence-electron chi connectivity index (χ0n) is 14.4. The number of benzene rings is 1. The van der Waals surface area contributed by atoms with Gasteiger partial charge in [-0.3, -0.25) is 4.79 Å². The quantitative estimate of drug-likeness (QED) is 0.729. The number of hydrogen-bond donors (Lipinski definition) is 2. The molecule has 2 rings (SSSR count). The van der Waals surface area contributed by atoms with Gasteiger partial charge in [0, 0.05) is 25.6 Å². The number of carbonyl (C=O) groups is 1. The minimum absolute atomic E-state index is 0. The summed E-state index contributed by atoms with van der Waals surface area (Å²) < 4.78 is 5.71. The lowest BCUT2D eigenvalue weighted by Crippen LogP contribution is -2.31. The van der Waals surface area contributed by atoms with Gasteiger partial charge in [-0.15, -0.1) is 24.8 Å². The molecule has 0 bridgehead atoms. The topological polar surface area (TPSA) is 53.6 Å². The number of nitrogens with zero attached hydrogens (tertiary/aromatic N) is 1. The van der Waals surface area contributed by atoms with Gasteiger partial charge < -0.3 is 20.3 Å². The number of carbonyl (C=O) groups excluding carboxylic acids is 1. The SMILES string of the molecule is CN(C)CCOc1cccc(CNC(=O)CC2CCCN2)c1.Cl.Cl. The van der Waals surface area contributed by atoms with Crippen LogP contribution in [0.4, 0.5) is 0 Å².